The Kier molecular flexibility index (Phi) is 3.90. The second kappa shape index (κ2) is 5.84. The van der Waals surface area contributed by atoms with E-state index in [1.54, 1.807) is 18.5 Å². The van der Waals surface area contributed by atoms with E-state index in [2.05, 4.69) is 20.3 Å². The maximum atomic E-state index is 6.23. The molecule has 0 saturated carbocycles. The lowest BCUT2D eigenvalue weighted by Crippen LogP contribution is -2.08. The normalized spacial score (nSPS) is 12.3. The van der Waals surface area contributed by atoms with Gasteiger partial charge < -0.3 is 5.32 Å². The third kappa shape index (κ3) is 2.91. The molecule has 0 amide bonds. The number of nitrogens with one attached hydrogen (secondary N) is 1. The molecule has 0 fully saturated rings. The number of hydrogen-bond donors (Lipinski definition) is 1. The average molecular weight is 319 g/mol. The zero-order chi connectivity index (χ0) is 14.8. The first-order chi connectivity index (χ1) is 10.1. The summed E-state index contributed by atoms with van der Waals surface area (Å²) in [5, 5.41) is 4.39. The van der Waals surface area contributed by atoms with E-state index >= 15 is 0 Å². The highest BCUT2D eigenvalue weighted by atomic mass is 35.5. The van der Waals surface area contributed by atoms with Crippen molar-refractivity contribution in [3.8, 4) is 0 Å². The van der Waals surface area contributed by atoms with E-state index in [0.29, 0.717) is 21.5 Å². The van der Waals surface area contributed by atoms with Crippen LogP contribution in [0.5, 0.6) is 0 Å². The van der Waals surface area contributed by atoms with Gasteiger partial charge in [0.1, 0.15) is 11.3 Å². The van der Waals surface area contributed by atoms with Gasteiger partial charge in [0, 0.05) is 12.4 Å². The molecular formula is C15H12Cl2N4. The van der Waals surface area contributed by atoms with E-state index in [-0.39, 0.29) is 6.04 Å². The third-order valence-corrected chi connectivity index (χ3v) is 3.98. The molecule has 1 aromatic carbocycles. The summed E-state index contributed by atoms with van der Waals surface area (Å²) in [6.45, 7) is 2.00. The predicted octanol–water partition coefficient (Wildman–Crippen LogP) is 4.50. The first-order valence-corrected chi connectivity index (χ1v) is 7.19. The summed E-state index contributed by atoms with van der Waals surface area (Å²) in [5.41, 5.74) is 2.29. The minimum absolute atomic E-state index is 0.0298. The summed E-state index contributed by atoms with van der Waals surface area (Å²) in [7, 11) is 0. The van der Waals surface area contributed by atoms with E-state index in [4.69, 9.17) is 23.2 Å². The summed E-state index contributed by atoms with van der Waals surface area (Å²) in [6, 6.07) is 9.30. The van der Waals surface area contributed by atoms with Gasteiger partial charge in [-0.05, 0) is 30.7 Å². The Bertz CT molecular complexity index is 791. The molecule has 0 aliphatic rings. The number of anilines is 1. The van der Waals surface area contributed by atoms with Crippen LogP contribution in [0, 0.1) is 0 Å². The number of fused-ring (bicyclic) bond motifs is 1. The lowest BCUT2D eigenvalue weighted by molar-refractivity contribution is 0.876. The van der Waals surface area contributed by atoms with Crippen molar-refractivity contribution in [2.45, 2.75) is 13.0 Å². The maximum absolute atomic E-state index is 6.23. The van der Waals surface area contributed by atoms with Gasteiger partial charge in [0.05, 0.1) is 16.1 Å². The first kappa shape index (κ1) is 14.0. The number of rotatable bonds is 3. The molecule has 3 rings (SSSR count). The Morgan fingerprint density at radius 2 is 1.86 bits per heavy atom. The molecule has 0 saturated heterocycles. The molecule has 2 heterocycles. The zero-order valence-electron chi connectivity index (χ0n) is 11.2. The lowest BCUT2D eigenvalue weighted by atomic mass is 10.1. The molecule has 21 heavy (non-hydrogen) atoms. The molecule has 0 bridgehead atoms. The van der Waals surface area contributed by atoms with E-state index in [1.807, 2.05) is 31.2 Å². The standard InChI is InChI=1S/C15H12Cl2N4/c1-9(10-3-2-4-11(16)14(10)17)20-13-6-5-12-15(21-13)19-8-7-18-12/h2-9H,1H3,(H,19,20,21). The Labute approximate surface area is 132 Å². The largest absolute Gasteiger partial charge is 0.363 e. The van der Waals surface area contributed by atoms with Crippen LogP contribution in [-0.4, -0.2) is 15.0 Å². The molecule has 2 aromatic heterocycles. The zero-order valence-corrected chi connectivity index (χ0v) is 12.7. The molecule has 3 aromatic rings. The summed E-state index contributed by atoms with van der Waals surface area (Å²) >= 11 is 12.3. The molecule has 1 unspecified atom stereocenters. The summed E-state index contributed by atoms with van der Waals surface area (Å²) < 4.78 is 0. The molecule has 106 valence electrons. The van der Waals surface area contributed by atoms with Crippen LogP contribution in [-0.2, 0) is 0 Å². The number of benzene rings is 1. The van der Waals surface area contributed by atoms with Gasteiger partial charge in [0.2, 0.25) is 0 Å². The predicted molar refractivity (Wildman–Crippen MR) is 85.8 cm³/mol. The number of hydrogen-bond acceptors (Lipinski definition) is 4. The fourth-order valence-electron chi connectivity index (χ4n) is 2.09. The van der Waals surface area contributed by atoms with Crippen molar-refractivity contribution in [2.24, 2.45) is 0 Å². The smallest absolute Gasteiger partial charge is 0.180 e. The Balaban J connectivity index is 1.89. The third-order valence-electron chi connectivity index (χ3n) is 3.14. The van der Waals surface area contributed by atoms with E-state index in [9.17, 15) is 0 Å². The molecule has 1 atom stereocenters. The summed E-state index contributed by atoms with van der Waals surface area (Å²) in [6.07, 6.45) is 3.27. The van der Waals surface area contributed by atoms with Crippen molar-refractivity contribution in [2.75, 3.05) is 5.32 Å². The minimum atomic E-state index is -0.0298. The van der Waals surface area contributed by atoms with Gasteiger partial charge in [-0.1, -0.05) is 35.3 Å². The van der Waals surface area contributed by atoms with Crippen LogP contribution in [0.15, 0.2) is 42.7 Å². The molecule has 4 nitrogen and oxygen atoms in total. The van der Waals surface area contributed by atoms with Crippen LogP contribution in [0.1, 0.15) is 18.5 Å². The van der Waals surface area contributed by atoms with Crippen molar-refractivity contribution >= 4 is 40.2 Å². The van der Waals surface area contributed by atoms with Gasteiger partial charge >= 0.3 is 0 Å². The second-order valence-corrected chi connectivity index (χ2v) is 5.39. The SMILES string of the molecule is CC(Nc1ccc2nccnc2n1)c1cccc(Cl)c1Cl. The maximum Gasteiger partial charge on any atom is 0.180 e. The molecule has 0 aliphatic carbocycles. The van der Waals surface area contributed by atoms with Crippen molar-refractivity contribution in [3.63, 3.8) is 0 Å². The van der Waals surface area contributed by atoms with Gasteiger partial charge in [0.15, 0.2) is 5.65 Å². The fraction of sp³-hybridized carbons (Fsp3) is 0.133. The van der Waals surface area contributed by atoms with Crippen LogP contribution in [0.2, 0.25) is 10.0 Å². The van der Waals surface area contributed by atoms with Crippen LogP contribution >= 0.6 is 23.2 Å². The summed E-state index contributed by atoms with van der Waals surface area (Å²) in [4.78, 5) is 12.8. The Morgan fingerprint density at radius 1 is 1.05 bits per heavy atom. The van der Waals surface area contributed by atoms with Crippen LogP contribution in [0.25, 0.3) is 11.2 Å². The van der Waals surface area contributed by atoms with Crippen molar-refractivity contribution < 1.29 is 0 Å². The minimum Gasteiger partial charge on any atom is -0.363 e. The fourth-order valence-corrected chi connectivity index (χ4v) is 2.56. The number of aromatic nitrogens is 3. The summed E-state index contributed by atoms with van der Waals surface area (Å²) in [5.74, 6) is 0.714. The second-order valence-electron chi connectivity index (χ2n) is 4.60. The van der Waals surface area contributed by atoms with Gasteiger partial charge in [-0.25, -0.2) is 9.97 Å². The van der Waals surface area contributed by atoms with E-state index < -0.39 is 0 Å². The number of halogens is 2. The quantitative estimate of drug-likeness (QED) is 0.772. The first-order valence-electron chi connectivity index (χ1n) is 6.43. The van der Waals surface area contributed by atoms with E-state index in [1.165, 1.54) is 0 Å². The molecule has 1 N–H and O–H groups in total. The topological polar surface area (TPSA) is 50.7 Å². The molecular weight excluding hydrogens is 307 g/mol. The molecule has 0 aliphatic heterocycles. The molecule has 6 heteroatoms. The van der Waals surface area contributed by atoms with Gasteiger partial charge in [-0.3, -0.25) is 4.98 Å². The highest BCUT2D eigenvalue weighted by Gasteiger charge is 2.12. The number of nitrogens with zero attached hydrogens (tertiary/aromatic N) is 3. The van der Waals surface area contributed by atoms with Crippen molar-refractivity contribution in [1.82, 2.24) is 15.0 Å². The monoisotopic (exact) mass is 318 g/mol. The highest BCUT2D eigenvalue weighted by Crippen LogP contribution is 2.31. The van der Waals surface area contributed by atoms with Crippen LogP contribution in [0.3, 0.4) is 0 Å². The average Bonchev–Trinajstić information content (AvgIpc) is 2.50. The van der Waals surface area contributed by atoms with Crippen LogP contribution in [0.4, 0.5) is 5.82 Å². The lowest BCUT2D eigenvalue weighted by Gasteiger charge is -2.17. The van der Waals surface area contributed by atoms with Gasteiger partial charge in [-0.2, -0.15) is 0 Å². The van der Waals surface area contributed by atoms with Crippen molar-refractivity contribution in [3.05, 3.63) is 58.3 Å². The van der Waals surface area contributed by atoms with Crippen molar-refractivity contribution in [1.29, 1.82) is 0 Å². The molecule has 0 spiro atoms. The van der Waals surface area contributed by atoms with Crippen LogP contribution < -0.4 is 5.32 Å². The molecule has 0 radical (unpaired) electrons. The van der Waals surface area contributed by atoms with Gasteiger partial charge in [0.25, 0.3) is 0 Å². The van der Waals surface area contributed by atoms with E-state index in [0.717, 1.165) is 11.1 Å². The number of pyridine rings is 1. The Hall–Kier alpha value is -1.91. The highest BCUT2D eigenvalue weighted by molar-refractivity contribution is 6.42. The van der Waals surface area contributed by atoms with Gasteiger partial charge in [-0.15, -0.1) is 0 Å². The Morgan fingerprint density at radius 3 is 2.71 bits per heavy atom.